The van der Waals surface area contributed by atoms with Crippen molar-refractivity contribution < 1.29 is 9.18 Å². The zero-order chi connectivity index (χ0) is 10.1. The third-order valence-corrected chi connectivity index (χ3v) is 1.41. The Hall–Kier alpha value is -1.44. The minimum Gasteiger partial charge on any atom is -0.299 e. The van der Waals surface area contributed by atoms with Gasteiger partial charge in [0.1, 0.15) is 12.1 Å². The summed E-state index contributed by atoms with van der Waals surface area (Å²) in [7, 11) is 0. The number of allylic oxidation sites excluding steroid dienone is 8. The zero-order valence-electron chi connectivity index (χ0n) is 7.83. The van der Waals surface area contributed by atoms with E-state index in [0.717, 1.165) is 5.57 Å². The highest BCUT2D eigenvalue weighted by Crippen LogP contribution is 2.03. The average molecular weight is 180 g/mol. The van der Waals surface area contributed by atoms with Crippen LogP contribution in [0.1, 0.15) is 13.8 Å². The highest BCUT2D eigenvalue weighted by Gasteiger charge is 1.85. The number of hydrogen-bond donors (Lipinski definition) is 0. The predicted octanol–water partition coefficient (Wildman–Crippen LogP) is 3.12. The maximum Gasteiger partial charge on any atom is 0.142 e. The standard InChI is InChI=1S/C11H13FO/c1-3-10(6-5-9-13)7-8-11(12)4-2/h3-9H,1-2H3/b6-5+,8-7-,10-3-,11-4+. The summed E-state index contributed by atoms with van der Waals surface area (Å²) in [6.07, 6.45) is 9.79. The van der Waals surface area contributed by atoms with Crippen LogP contribution in [0, 0.1) is 0 Å². The molecule has 13 heavy (non-hydrogen) atoms. The van der Waals surface area contributed by atoms with Crippen molar-refractivity contribution in [2.75, 3.05) is 0 Å². The molecule has 0 aromatic rings. The van der Waals surface area contributed by atoms with Crippen LogP contribution in [0.2, 0.25) is 0 Å². The van der Waals surface area contributed by atoms with Crippen LogP contribution in [0.15, 0.2) is 47.9 Å². The lowest BCUT2D eigenvalue weighted by atomic mass is 10.2. The van der Waals surface area contributed by atoms with Gasteiger partial charge in [0, 0.05) is 0 Å². The minimum absolute atomic E-state index is 0.293. The Morgan fingerprint density at radius 2 is 1.77 bits per heavy atom. The Morgan fingerprint density at radius 3 is 2.23 bits per heavy atom. The smallest absolute Gasteiger partial charge is 0.142 e. The van der Waals surface area contributed by atoms with E-state index in [1.807, 2.05) is 6.92 Å². The first kappa shape index (κ1) is 11.6. The Kier molecular flexibility index (Phi) is 6.42. The molecule has 0 N–H and O–H groups in total. The molecule has 0 aliphatic rings. The van der Waals surface area contributed by atoms with Gasteiger partial charge in [-0.25, -0.2) is 4.39 Å². The molecule has 0 unspecified atom stereocenters. The van der Waals surface area contributed by atoms with Crippen LogP contribution in [-0.4, -0.2) is 6.29 Å². The van der Waals surface area contributed by atoms with E-state index in [2.05, 4.69) is 0 Å². The van der Waals surface area contributed by atoms with E-state index in [0.29, 0.717) is 6.29 Å². The molecule has 0 saturated carbocycles. The monoisotopic (exact) mass is 180 g/mol. The second kappa shape index (κ2) is 7.22. The molecular weight excluding hydrogens is 167 g/mol. The summed E-state index contributed by atoms with van der Waals surface area (Å²) >= 11 is 0. The number of rotatable bonds is 4. The van der Waals surface area contributed by atoms with Crippen molar-refractivity contribution in [3.63, 3.8) is 0 Å². The molecule has 70 valence electrons. The summed E-state index contributed by atoms with van der Waals surface area (Å²) in [6, 6.07) is 0. The summed E-state index contributed by atoms with van der Waals surface area (Å²) in [6.45, 7) is 3.44. The van der Waals surface area contributed by atoms with Gasteiger partial charge in [-0.05, 0) is 31.6 Å². The molecule has 0 saturated heterocycles. The lowest BCUT2D eigenvalue weighted by molar-refractivity contribution is -0.104. The third-order valence-electron chi connectivity index (χ3n) is 1.41. The highest BCUT2D eigenvalue weighted by atomic mass is 19.1. The number of carbonyl (C=O) groups is 1. The Balaban J connectivity index is 4.39. The molecule has 0 aliphatic heterocycles. The minimum atomic E-state index is -0.293. The topological polar surface area (TPSA) is 17.1 Å². The fourth-order valence-electron chi connectivity index (χ4n) is 0.670. The van der Waals surface area contributed by atoms with E-state index >= 15 is 0 Å². The lowest BCUT2D eigenvalue weighted by Gasteiger charge is -1.89. The van der Waals surface area contributed by atoms with Crippen molar-refractivity contribution in [2.45, 2.75) is 13.8 Å². The first-order valence-corrected chi connectivity index (χ1v) is 4.02. The Labute approximate surface area is 78.0 Å². The Bertz CT molecular complexity index is 270. The van der Waals surface area contributed by atoms with Gasteiger partial charge in [-0.2, -0.15) is 0 Å². The molecule has 1 nitrogen and oxygen atoms in total. The van der Waals surface area contributed by atoms with E-state index in [1.54, 1.807) is 25.2 Å². The van der Waals surface area contributed by atoms with Crippen molar-refractivity contribution >= 4 is 6.29 Å². The van der Waals surface area contributed by atoms with Gasteiger partial charge in [-0.1, -0.05) is 24.3 Å². The van der Waals surface area contributed by atoms with Crippen molar-refractivity contribution in [2.24, 2.45) is 0 Å². The summed E-state index contributed by atoms with van der Waals surface area (Å²) < 4.78 is 12.6. The second-order valence-electron chi connectivity index (χ2n) is 2.29. The molecule has 0 rings (SSSR count). The summed E-state index contributed by atoms with van der Waals surface area (Å²) in [5.41, 5.74) is 0.795. The van der Waals surface area contributed by atoms with E-state index < -0.39 is 0 Å². The number of carbonyl (C=O) groups excluding carboxylic acids is 1. The molecule has 0 bridgehead atoms. The Morgan fingerprint density at radius 1 is 1.08 bits per heavy atom. The molecule has 0 heterocycles. The van der Waals surface area contributed by atoms with Crippen LogP contribution in [0.4, 0.5) is 4.39 Å². The van der Waals surface area contributed by atoms with Gasteiger partial charge in [0.2, 0.25) is 0 Å². The van der Waals surface area contributed by atoms with Gasteiger partial charge in [-0.3, -0.25) is 4.79 Å². The van der Waals surface area contributed by atoms with Crippen LogP contribution in [-0.2, 0) is 4.79 Å². The third kappa shape index (κ3) is 5.79. The maximum atomic E-state index is 12.6. The molecule has 0 aromatic carbocycles. The first-order valence-electron chi connectivity index (χ1n) is 4.02. The molecule has 0 spiro atoms. The largest absolute Gasteiger partial charge is 0.299 e. The second-order valence-corrected chi connectivity index (χ2v) is 2.29. The summed E-state index contributed by atoms with van der Waals surface area (Å²) in [5.74, 6) is -0.293. The number of halogens is 1. The highest BCUT2D eigenvalue weighted by molar-refractivity contribution is 5.66. The predicted molar refractivity (Wildman–Crippen MR) is 53.0 cm³/mol. The van der Waals surface area contributed by atoms with Crippen molar-refractivity contribution in [1.82, 2.24) is 0 Å². The SMILES string of the molecule is C/C=C(\C=C/C(F)=C\C)/C=C/C=O. The van der Waals surface area contributed by atoms with Crippen LogP contribution < -0.4 is 0 Å². The van der Waals surface area contributed by atoms with Gasteiger partial charge in [0.15, 0.2) is 0 Å². The summed E-state index contributed by atoms with van der Waals surface area (Å²) in [4.78, 5) is 10.00. The molecule has 0 aliphatic carbocycles. The van der Waals surface area contributed by atoms with E-state index in [-0.39, 0.29) is 5.83 Å². The summed E-state index contributed by atoms with van der Waals surface area (Å²) in [5, 5.41) is 0. The average Bonchev–Trinajstić information content (AvgIpc) is 2.17. The fraction of sp³-hybridized carbons (Fsp3) is 0.182. The molecule has 0 amide bonds. The van der Waals surface area contributed by atoms with Crippen molar-refractivity contribution in [3.05, 3.63) is 47.9 Å². The van der Waals surface area contributed by atoms with Crippen LogP contribution >= 0.6 is 0 Å². The first-order chi connectivity index (χ1) is 6.24. The molecule has 0 aromatic heterocycles. The maximum absolute atomic E-state index is 12.6. The van der Waals surface area contributed by atoms with E-state index in [1.165, 1.54) is 18.2 Å². The van der Waals surface area contributed by atoms with Crippen molar-refractivity contribution in [1.29, 1.82) is 0 Å². The van der Waals surface area contributed by atoms with Gasteiger partial charge in [0.25, 0.3) is 0 Å². The number of hydrogen-bond acceptors (Lipinski definition) is 1. The molecule has 0 radical (unpaired) electrons. The van der Waals surface area contributed by atoms with Gasteiger partial charge >= 0.3 is 0 Å². The molecular formula is C11H13FO. The van der Waals surface area contributed by atoms with Crippen LogP contribution in [0.25, 0.3) is 0 Å². The van der Waals surface area contributed by atoms with E-state index in [4.69, 9.17) is 0 Å². The fourth-order valence-corrected chi connectivity index (χ4v) is 0.670. The van der Waals surface area contributed by atoms with Gasteiger partial charge in [0.05, 0.1) is 0 Å². The van der Waals surface area contributed by atoms with Crippen LogP contribution in [0.5, 0.6) is 0 Å². The molecule has 2 heteroatoms. The zero-order valence-corrected chi connectivity index (χ0v) is 7.83. The van der Waals surface area contributed by atoms with Crippen LogP contribution in [0.3, 0.4) is 0 Å². The quantitative estimate of drug-likeness (QED) is 0.369. The van der Waals surface area contributed by atoms with E-state index in [9.17, 15) is 9.18 Å². The number of aldehydes is 1. The lowest BCUT2D eigenvalue weighted by Crippen LogP contribution is -1.71. The van der Waals surface area contributed by atoms with Gasteiger partial charge in [-0.15, -0.1) is 0 Å². The molecule has 0 fully saturated rings. The van der Waals surface area contributed by atoms with Crippen molar-refractivity contribution in [3.8, 4) is 0 Å². The normalized spacial score (nSPS) is 14.4. The molecule has 0 atom stereocenters. The van der Waals surface area contributed by atoms with Gasteiger partial charge < -0.3 is 0 Å².